The first kappa shape index (κ1) is 24.5. The Labute approximate surface area is 195 Å². The lowest BCUT2D eigenvalue weighted by Gasteiger charge is -2.14. The fourth-order valence-electron chi connectivity index (χ4n) is 2.80. The average molecular weight is 497 g/mol. The molecule has 0 radical (unpaired) electrons. The van der Waals surface area contributed by atoms with Crippen LogP contribution in [0, 0.1) is 6.92 Å². The van der Waals surface area contributed by atoms with E-state index in [4.69, 9.17) is 11.6 Å². The Morgan fingerprint density at radius 2 is 1.82 bits per heavy atom. The molecule has 0 spiro atoms. The molecule has 3 aromatic rings. The number of rotatable bonds is 4. The number of hydrogen-bond acceptors (Lipinski definition) is 6. The van der Waals surface area contributed by atoms with Crippen LogP contribution in [0.25, 0.3) is 5.82 Å². The van der Waals surface area contributed by atoms with E-state index in [0.29, 0.717) is 16.3 Å². The van der Waals surface area contributed by atoms with Gasteiger partial charge in [0.2, 0.25) is 0 Å². The number of carbonyl (C=O) groups excluding carboxylic acids is 3. The standard InChI is InChI=1S/C20H16ClF3N6O4/c1-10-5-3-6-11(17(31)27-28-19(33)34-2)15(10)26-18(32)13-9-14(20(22,23)24)29-30(13)16-12(21)7-4-8-25-16/h3-9H,1-2H3,(H,26,32)(H,27,31)(H,28,33). The van der Waals surface area contributed by atoms with Gasteiger partial charge in [0.1, 0.15) is 5.69 Å². The van der Waals surface area contributed by atoms with Crippen LogP contribution in [0.4, 0.5) is 23.7 Å². The van der Waals surface area contributed by atoms with Crippen LogP contribution in [0.3, 0.4) is 0 Å². The Kier molecular flexibility index (Phi) is 7.05. The van der Waals surface area contributed by atoms with Gasteiger partial charge in [0.05, 0.1) is 23.4 Å². The summed E-state index contributed by atoms with van der Waals surface area (Å²) in [7, 11) is 1.09. The summed E-state index contributed by atoms with van der Waals surface area (Å²) >= 11 is 6.05. The zero-order chi connectivity index (χ0) is 25.0. The number of para-hydroxylation sites is 1. The first-order valence-electron chi connectivity index (χ1n) is 9.36. The van der Waals surface area contributed by atoms with Crippen molar-refractivity contribution in [1.29, 1.82) is 0 Å². The molecule has 0 fully saturated rings. The van der Waals surface area contributed by atoms with Gasteiger partial charge in [0.25, 0.3) is 11.8 Å². The quantitative estimate of drug-likeness (QED) is 0.474. The van der Waals surface area contributed by atoms with Gasteiger partial charge in [-0.25, -0.2) is 19.9 Å². The van der Waals surface area contributed by atoms with E-state index in [1.54, 1.807) is 13.0 Å². The highest BCUT2D eigenvalue weighted by Gasteiger charge is 2.36. The van der Waals surface area contributed by atoms with Gasteiger partial charge >= 0.3 is 12.3 Å². The summed E-state index contributed by atoms with van der Waals surface area (Å²) in [4.78, 5) is 40.7. The second kappa shape index (κ2) is 9.79. The molecule has 3 rings (SSSR count). The lowest BCUT2D eigenvalue weighted by Crippen LogP contribution is -2.41. The third-order valence-electron chi connectivity index (χ3n) is 4.39. The van der Waals surface area contributed by atoms with Gasteiger partial charge in [-0.3, -0.25) is 15.0 Å². The van der Waals surface area contributed by atoms with E-state index in [9.17, 15) is 27.6 Å². The predicted octanol–water partition coefficient (Wildman–Crippen LogP) is 3.50. The second-order valence-corrected chi connectivity index (χ2v) is 7.06. The number of nitrogens with zero attached hydrogens (tertiary/aromatic N) is 3. The van der Waals surface area contributed by atoms with Crippen LogP contribution in [0.15, 0.2) is 42.6 Å². The number of hydrazine groups is 1. The number of ether oxygens (including phenoxy) is 1. The second-order valence-electron chi connectivity index (χ2n) is 6.66. The van der Waals surface area contributed by atoms with E-state index in [1.165, 1.54) is 30.5 Å². The first-order valence-corrected chi connectivity index (χ1v) is 9.74. The molecule has 2 heterocycles. The number of anilines is 1. The van der Waals surface area contributed by atoms with Crippen molar-refractivity contribution in [3.8, 4) is 5.82 Å². The number of benzene rings is 1. The van der Waals surface area contributed by atoms with Crippen molar-refractivity contribution < 1.29 is 32.3 Å². The van der Waals surface area contributed by atoms with Gasteiger partial charge in [-0.05, 0) is 30.7 Å². The molecule has 14 heteroatoms. The van der Waals surface area contributed by atoms with Crippen molar-refractivity contribution in [2.75, 3.05) is 12.4 Å². The Hall–Kier alpha value is -4.13. The number of aryl methyl sites for hydroxylation is 1. The summed E-state index contributed by atoms with van der Waals surface area (Å²) in [5, 5.41) is 5.84. The first-order chi connectivity index (χ1) is 16.0. The van der Waals surface area contributed by atoms with Crippen LogP contribution >= 0.6 is 11.6 Å². The monoisotopic (exact) mass is 496 g/mol. The molecule has 1 aromatic carbocycles. The molecule has 0 aliphatic heterocycles. The SMILES string of the molecule is COC(=O)NNC(=O)c1cccc(C)c1NC(=O)c1cc(C(F)(F)F)nn1-c1ncccc1Cl. The summed E-state index contributed by atoms with van der Waals surface area (Å²) in [6, 6.07) is 7.78. The molecule has 3 N–H and O–H groups in total. The van der Waals surface area contributed by atoms with Crippen LogP contribution < -0.4 is 16.2 Å². The number of halogens is 4. The highest BCUT2D eigenvalue weighted by Crippen LogP contribution is 2.31. The number of hydrogen-bond donors (Lipinski definition) is 3. The number of carbonyl (C=O) groups is 3. The molecule has 0 atom stereocenters. The highest BCUT2D eigenvalue weighted by atomic mass is 35.5. The molecular formula is C20H16ClF3N6O4. The molecule has 0 saturated carbocycles. The fraction of sp³-hybridized carbons (Fsp3) is 0.150. The van der Waals surface area contributed by atoms with Crippen LogP contribution in [-0.2, 0) is 10.9 Å². The predicted molar refractivity (Wildman–Crippen MR) is 114 cm³/mol. The van der Waals surface area contributed by atoms with E-state index >= 15 is 0 Å². The van der Waals surface area contributed by atoms with E-state index in [-0.39, 0.29) is 22.1 Å². The molecule has 0 saturated heterocycles. The zero-order valence-electron chi connectivity index (χ0n) is 17.5. The molecule has 0 aliphatic rings. The molecule has 3 amide bonds. The average Bonchev–Trinajstić information content (AvgIpc) is 3.25. The van der Waals surface area contributed by atoms with Gasteiger partial charge in [0, 0.05) is 12.3 Å². The van der Waals surface area contributed by atoms with Crippen molar-refractivity contribution in [3.05, 3.63) is 70.1 Å². The maximum Gasteiger partial charge on any atom is 0.435 e. The summed E-state index contributed by atoms with van der Waals surface area (Å²) < 4.78 is 45.0. The largest absolute Gasteiger partial charge is 0.452 e. The molecule has 0 bridgehead atoms. The number of pyridine rings is 1. The molecule has 0 unspecified atom stereocenters. The number of methoxy groups -OCH3 is 1. The Morgan fingerprint density at radius 1 is 1.09 bits per heavy atom. The summed E-state index contributed by atoms with van der Waals surface area (Å²) in [6.07, 6.45) is -4.52. The Bertz CT molecular complexity index is 1260. The number of amides is 3. The molecule has 178 valence electrons. The van der Waals surface area contributed by atoms with Crippen molar-refractivity contribution in [2.24, 2.45) is 0 Å². The van der Waals surface area contributed by atoms with E-state index < -0.39 is 35.5 Å². The van der Waals surface area contributed by atoms with Gasteiger partial charge in [-0.1, -0.05) is 23.7 Å². The van der Waals surface area contributed by atoms with E-state index in [2.05, 4.69) is 25.6 Å². The third-order valence-corrected chi connectivity index (χ3v) is 4.69. The van der Waals surface area contributed by atoms with Crippen molar-refractivity contribution in [3.63, 3.8) is 0 Å². The van der Waals surface area contributed by atoms with Crippen molar-refractivity contribution in [1.82, 2.24) is 25.6 Å². The van der Waals surface area contributed by atoms with Crippen molar-refractivity contribution >= 4 is 35.2 Å². The number of aromatic nitrogens is 3. The molecule has 34 heavy (non-hydrogen) atoms. The van der Waals surface area contributed by atoms with Gasteiger partial charge in [-0.15, -0.1) is 0 Å². The normalized spacial score (nSPS) is 11.0. The summed E-state index contributed by atoms with van der Waals surface area (Å²) in [5.41, 5.74) is 2.52. The smallest absolute Gasteiger partial charge is 0.435 e. The maximum absolute atomic E-state index is 13.3. The molecule has 10 nitrogen and oxygen atoms in total. The maximum atomic E-state index is 13.3. The summed E-state index contributed by atoms with van der Waals surface area (Å²) in [5.74, 6) is -2.04. The van der Waals surface area contributed by atoms with Gasteiger partial charge in [-0.2, -0.15) is 18.3 Å². The molecule has 2 aromatic heterocycles. The lowest BCUT2D eigenvalue weighted by atomic mass is 10.1. The molecular weight excluding hydrogens is 481 g/mol. The third kappa shape index (κ3) is 5.26. The van der Waals surface area contributed by atoms with Crippen molar-refractivity contribution in [2.45, 2.75) is 13.1 Å². The van der Waals surface area contributed by atoms with E-state index in [1.807, 2.05) is 5.43 Å². The highest BCUT2D eigenvalue weighted by molar-refractivity contribution is 6.32. The zero-order valence-corrected chi connectivity index (χ0v) is 18.3. The van der Waals surface area contributed by atoms with Gasteiger partial charge in [0.15, 0.2) is 11.5 Å². The number of nitrogens with one attached hydrogen (secondary N) is 3. The Morgan fingerprint density at radius 3 is 2.47 bits per heavy atom. The minimum absolute atomic E-state index is 0.00917. The van der Waals surface area contributed by atoms with E-state index in [0.717, 1.165) is 7.11 Å². The topological polar surface area (TPSA) is 127 Å². The minimum atomic E-state index is -4.85. The van der Waals surface area contributed by atoms with Crippen LogP contribution in [0.2, 0.25) is 5.02 Å². The fourth-order valence-corrected chi connectivity index (χ4v) is 3.00. The summed E-state index contributed by atoms with van der Waals surface area (Å²) in [6.45, 7) is 1.56. The lowest BCUT2D eigenvalue weighted by molar-refractivity contribution is -0.141. The number of alkyl halides is 3. The van der Waals surface area contributed by atoms with Crippen LogP contribution in [0.1, 0.15) is 32.1 Å². The Balaban J connectivity index is 2.01. The molecule has 0 aliphatic carbocycles. The van der Waals surface area contributed by atoms with Crippen LogP contribution in [0.5, 0.6) is 0 Å². The van der Waals surface area contributed by atoms with Crippen LogP contribution in [-0.4, -0.2) is 39.8 Å². The van der Waals surface area contributed by atoms with Gasteiger partial charge < -0.3 is 10.1 Å². The minimum Gasteiger partial charge on any atom is -0.452 e.